The van der Waals surface area contributed by atoms with Crippen molar-refractivity contribution in [2.45, 2.75) is 83.9 Å². The van der Waals surface area contributed by atoms with Gasteiger partial charge < -0.3 is 4.74 Å². The zero-order valence-electron chi connectivity index (χ0n) is 18.8. The highest BCUT2D eigenvalue weighted by molar-refractivity contribution is 6.30. The minimum absolute atomic E-state index is 0.0954. The molecule has 0 N–H and O–H groups in total. The number of unbranched alkanes of at least 4 members (excludes halogenated alkanes) is 6. The summed E-state index contributed by atoms with van der Waals surface area (Å²) in [7, 11) is 0. The second-order valence-electron chi connectivity index (χ2n) is 8.30. The first-order chi connectivity index (χ1) is 14.5. The first-order valence-electron chi connectivity index (χ1n) is 11.6. The van der Waals surface area contributed by atoms with Gasteiger partial charge in [-0.2, -0.15) is 0 Å². The number of carbonyl (C=O) groups is 1. The fraction of sp³-hybridized carbons (Fsp3) is 0.519. The van der Waals surface area contributed by atoms with E-state index in [1.54, 1.807) is 0 Å². The first-order valence-corrected chi connectivity index (χ1v) is 12.0. The lowest BCUT2D eigenvalue weighted by Gasteiger charge is -2.15. The van der Waals surface area contributed by atoms with Crippen molar-refractivity contribution in [2.75, 3.05) is 0 Å². The van der Waals surface area contributed by atoms with Gasteiger partial charge in [0.15, 0.2) is 0 Å². The van der Waals surface area contributed by atoms with Crippen LogP contribution in [-0.2, 0) is 11.2 Å². The zero-order chi connectivity index (χ0) is 21.8. The SMILES string of the molecule is CCCCCCCCCc1ccc(-c2ccc(OC(=O)C(Cl)C(C)CC)cc2)cc1. The van der Waals surface area contributed by atoms with Gasteiger partial charge in [0.1, 0.15) is 11.1 Å². The molecule has 0 saturated carbocycles. The summed E-state index contributed by atoms with van der Waals surface area (Å²) >= 11 is 6.17. The second-order valence-corrected chi connectivity index (χ2v) is 8.77. The zero-order valence-corrected chi connectivity index (χ0v) is 19.6. The molecule has 0 radical (unpaired) electrons. The maximum atomic E-state index is 12.1. The van der Waals surface area contributed by atoms with E-state index < -0.39 is 5.38 Å². The van der Waals surface area contributed by atoms with Gasteiger partial charge in [-0.3, -0.25) is 4.79 Å². The molecule has 2 nitrogen and oxygen atoms in total. The van der Waals surface area contributed by atoms with E-state index in [1.165, 1.54) is 56.1 Å². The Morgan fingerprint density at radius 3 is 1.93 bits per heavy atom. The Hall–Kier alpha value is -1.80. The molecule has 0 spiro atoms. The number of hydrogen-bond donors (Lipinski definition) is 0. The normalized spacial score (nSPS) is 13.1. The Morgan fingerprint density at radius 1 is 0.833 bits per heavy atom. The Balaban J connectivity index is 1.81. The first kappa shape index (κ1) is 24.5. The number of ether oxygens (including phenoxy) is 1. The number of aryl methyl sites for hydroxylation is 1. The lowest BCUT2D eigenvalue weighted by molar-refractivity contribution is -0.134. The van der Waals surface area contributed by atoms with Gasteiger partial charge in [0, 0.05) is 0 Å². The molecule has 2 unspecified atom stereocenters. The number of alkyl halides is 1. The highest BCUT2D eigenvalue weighted by atomic mass is 35.5. The van der Waals surface area contributed by atoms with Crippen LogP contribution in [0, 0.1) is 5.92 Å². The number of halogens is 1. The third-order valence-corrected chi connectivity index (χ3v) is 6.41. The van der Waals surface area contributed by atoms with Crippen LogP contribution < -0.4 is 4.74 Å². The standard InChI is InChI=1S/C27H37ClO2/c1-4-6-7-8-9-10-11-12-22-13-15-23(16-14-22)24-17-19-25(20-18-24)30-27(29)26(28)21(3)5-2/h13-21,26H,4-12H2,1-3H3. The van der Waals surface area contributed by atoms with Crippen molar-refractivity contribution >= 4 is 17.6 Å². The van der Waals surface area contributed by atoms with Crippen LogP contribution in [0.15, 0.2) is 48.5 Å². The summed E-state index contributed by atoms with van der Waals surface area (Å²) in [5.41, 5.74) is 3.68. The lowest BCUT2D eigenvalue weighted by atomic mass is 10.0. The molecular weight excluding hydrogens is 392 g/mol. The van der Waals surface area contributed by atoms with Crippen LogP contribution in [0.5, 0.6) is 5.75 Å². The topological polar surface area (TPSA) is 26.3 Å². The van der Waals surface area contributed by atoms with Gasteiger partial charge in [0.25, 0.3) is 0 Å². The number of benzene rings is 2. The van der Waals surface area contributed by atoms with Gasteiger partial charge in [0.2, 0.25) is 0 Å². The molecule has 0 aliphatic carbocycles. The summed E-state index contributed by atoms with van der Waals surface area (Å²) in [6, 6.07) is 16.4. The molecule has 0 fully saturated rings. The van der Waals surface area contributed by atoms with Crippen molar-refractivity contribution in [1.29, 1.82) is 0 Å². The number of esters is 1. The van der Waals surface area contributed by atoms with E-state index in [0.717, 1.165) is 18.4 Å². The minimum atomic E-state index is -0.612. The molecular formula is C27H37ClO2. The van der Waals surface area contributed by atoms with Crippen molar-refractivity contribution in [3.8, 4) is 16.9 Å². The average molecular weight is 429 g/mol. The molecule has 0 aliphatic rings. The average Bonchev–Trinajstić information content (AvgIpc) is 2.78. The fourth-order valence-electron chi connectivity index (χ4n) is 3.48. The summed E-state index contributed by atoms with van der Waals surface area (Å²) < 4.78 is 5.42. The molecule has 0 saturated heterocycles. The summed E-state index contributed by atoms with van der Waals surface area (Å²) in [5, 5.41) is -0.612. The van der Waals surface area contributed by atoms with Gasteiger partial charge in [-0.25, -0.2) is 0 Å². The predicted molar refractivity (Wildman–Crippen MR) is 128 cm³/mol. The van der Waals surface area contributed by atoms with E-state index in [1.807, 2.05) is 38.1 Å². The number of hydrogen-bond acceptors (Lipinski definition) is 2. The van der Waals surface area contributed by atoms with Crippen LogP contribution >= 0.6 is 11.6 Å². The number of rotatable bonds is 13. The quantitative estimate of drug-likeness (QED) is 0.139. The van der Waals surface area contributed by atoms with Crippen molar-refractivity contribution in [3.05, 3.63) is 54.1 Å². The van der Waals surface area contributed by atoms with E-state index in [0.29, 0.717) is 5.75 Å². The van der Waals surface area contributed by atoms with Crippen LogP contribution in [0.4, 0.5) is 0 Å². The highest BCUT2D eigenvalue weighted by Crippen LogP contribution is 2.24. The summed E-state index contributed by atoms with van der Waals surface area (Å²) in [5.74, 6) is 0.250. The fourth-order valence-corrected chi connectivity index (χ4v) is 3.70. The summed E-state index contributed by atoms with van der Waals surface area (Å²) in [6.45, 7) is 6.23. The van der Waals surface area contributed by atoms with Crippen molar-refractivity contribution < 1.29 is 9.53 Å². The molecule has 30 heavy (non-hydrogen) atoms. The van der Waals surface area contributed by atoms with Crippen molar-refractivity contribution in [1.82, 2.24) is 0 Å². The van der Waals surface area contributed by atoms with Gasteiger partial charge >= 0.3 is 5.97 Å². The third-order valence-electron chi connectivity index (χ3n) is 5.80. The molecule has 2 aromatic rings. The molecule has 0 aliphatic heterocycles. The van der Waals surface area contributed by atoms with E-state index >= 15 is 0 Å². The molecule has 2 rings (SSSR count). The molecule has 0 amide bonds. The van der Waals surface area contributed by atoms with E-state index in [4.69, 9.17) is 16.3 Å². The smallest absolute Gasteiger partial charge is 0.329 e. The summed E-state index contributed by atoms with van der Waals surface area (Å²) in [4.78, 5) is 12.1. The van der Waals surface area contributed by atoms with Gasteiger partial charge in [-0.05, 0) is 47.6 Å². The van der Waals surface area contributed by atoms with Crippen molar-refractivity contribution in [3.63, 3.8) is 0 Å². The van der Waals surface area contributed by atoms with Crippen LogP contribution in [0.1, 0.15) is 77.7 Å². The molecule has 0 heterocycles. The highest BCUT2D eigenvalue weighted by Gasteiger charge is 2.23. The largest absolute Gasteiger partial charge is 0.425 e. The molecule has 2 atom stereocenters. The Labute approximate surface area is 188 Å². The van der Waals surface area contributed by atoms with Crippen LogP contribution in [0.2, 0.25) is 0 Å². The molecule has 3 heteroatoms. The van der Waals surface area contributed by atoms with E-state index in [-0.39, 0.29) is 11.9 Å². The molecule has 0 bridgehead atoms. The third kappa shape index (κ3) is 8.14. The monoisotopic (exact) mass is 428 g/mol. The van der Waals surface area contributed by atoms with Crippen LogP contribution in [-0.4, -0.2) is 11.3 Å². The summed E-state index contributed by atoms with van der Waals surface area (Å²) in [6.07, 6.45) is 11.4. The molecule has 164 valence electrons. The lowest BCUT2D eigenvalue weighted by Crippen LogP contribution is -2.26. The second kappa shape index (κ2) is 13.5. The maximum Gasteiger partial charge on any atom is 0.329 e. The predicted octanol–water partition coefficient (Wildman–Crippen LogP) is 8.21. The van der Waals surface area contributed by atoms with Gasteiger partial charge in [-0.1, -0.05) is 102 Å². The number of carbonyl (C=O) groups excluding carboxylic acids is 1. The van der Waals surface area contributed by atoms with Crippen LogP contribution in [0.25, 0.3) is 11.1 Å². The maximum absolute atomic E-state index is 12.1. The molecule has 2 aromatic carbocycles. The van der Waals surface area contributed by atoms with Crippen LogP contribution in [0.3, 0.4) is 0 Å². The van der Waals surface area contributed by atoms with E-state index in [9.17, 15) is 4.79 Å². The molecule has 0 aromatic heterocycles. The van der Waals surface area contributed by atoms with E-state index in [2.05, 4.69) is 31.2 Å². The minimum Gasteiger partial charge on any atom is -0.425 e. The van der Waals surface area contributed by atoms with Gasteiger partial charge in [0.05, 0.1) is 0 Å². The Bertz CT molecular complexity index is 736. The Morgan fingerprint density at radius 2 is 1.37 bits per heavy atom. The Kier molecular flexibility index (Phi) is 11.0. The van der Waals surface area contributed by atoms with Gasteiger partial charge in [-0.15, -0.1) is 11.6 Å². The van der Waals surface area contributed by atoms with Crippen molar-refractivity contribution in [2.24, 2.45) is 5.92 Å².